The van der Waals surface area contributed by atoms with E-state index in [0.717, 1.165) is 39.8 Å². The van der Waals surface area contributed by atoms with Gasteiger partial charge in [0.05, 0.1) is 34.6 Å². The summed E-state index contributed by atoms with van der Waals surface area (Å²) >= 11 is 18.7. The molecule has 0 unspecified atom stereocenters. The number of pyridine rings is 1. The minimum atomic E-state index is -0.144. The molecular weight excluding hydrogens is 523 g/mol. The number of aromatic nitrogens is 2. The van der Waals surface area contributed by atoms with Crippen LogP contribution in [0.4, 0.5) is 5.69 Å². The van der Waals surface area contributed by atoms with E-state index in [1.807, 2.05) is 62.5 Å². The first-order valence-electron chi connectivity index (χ1n) is 12.2. The Morgan fingerprint density at radius 1 is 1.00 bits per heavy atom. The third kappa shape index (κ3) is 4.93. The van der Waals surface area contributed by atoms with E-state index in [0.29, 0.717) is 15.2 Å². The molecule has 190 valence electrons. The molecule has 1 aliphatic rings. The third-order valence-corrected chi connectivity index (χ3v) is 7.38. The average Bonchev–Trinajstić information content (AvgIpc) is 3.35. The van der Waals surface area contributed by atoms with Crippen molar-refractivity contribution >= 4 is 46.2 Å². The SMILES string of the molecule is Cc1cc([C@@H]2[C@H](c3ccccn3)NC(=S)N2c2ccc(OC(C)C)cc2)c(C)n1-c1ccc(Cl)cc1Cl. The van der Waals surface area contributed by atoms with Gasteiger partial charge in [0, 0.05) is 28.3 Å². The standard InChI is InChI=1S/C29H28Cl2N4OS/c1-17(2)36-22-11-9-21(10-12-22)35-28(27(33-29(35)37)25-7-5-6-14-32-25)23-15-18(3)34(19(23)4)26-13-8-20(30)16-24(26)31/h5-17,27-28H,1-4H3,(H,33,37)/t27-,28+/m0/s1. The van der Waals surface area contributed by atoms with Gasteiger partial charge in [-0.05, 0) is 106 Å². The molecule has 2 aromatic carbocycles. The minimum Gasteiger partial charge on any atom is -0.491 e. The molecule has 37 heavy (non-hydrogen) atoms. The summed E-state index contributed by atoms with van der Waals surface area (Å²) in [6.07, 6.45) is 1.92. The van der Waals surface area contributed by atoms with E-state index < -0.39 is 0 Å². The molecular formula is C29H28Cl2N4OS. The number of rotatable bonds is 6. The van der Waals surface area contributed by atoms with Crippen LogP contribution in [0, 0.1) is 13.8 Å². The average molecular weight is 552 g/mol. The Morgan fingerprint density at radius 2 is 1.76 bits per heavy atom. The molecule has 0 spiro atoms. The number of thiocarbonyl (C=S) groups is 1. The molecule has 3 heterocycles. The molecule has 8 heteroatoms. The Hall–Kier alpha value is -3.06. The molecule has 0 saturated carbocycles. The number of ether oxygens (including phenoxy) is 1. The van der Waals surface area contributed by atoms with Crippen molar-refractivity contribution in [3.63, 3.8) is 0 Å². The predicted octanol–water partition coefficient (Wildman–Crippen LogP) is 7.76. The number of nitrogens with zero attached hydrogens (tertiary/aromatic N) is 3. The molecule has 1 N–H and O–H groups in total. The highest BCUT2D eigenvalue weighted by atomic mass is 35.5. The first-order valence-corrected chi connectivity index (χ1v) is 13.3. The van der Waals surface area contributed by atoms with Gasteiger partial charge in [-0.25, -0.2) is 0 Å². The number of nitrogens with one attached hydrogen (secondary N) is 1. The van der Waals surface area contributed by atoms with Crippen molar-refractivity contribution in [1.82, 2.24) is 14.9 Å². The van der Waals surface area contributed by atoms with Gasteiger partial charge in [-0.1, -0.05) is 29.3 Å². The van der Waals surface area contributed by atoms with Crippen molar-refractivity contribution in [3.05, 3.63) is 106 Å². The molecule has 2 aromatic heterocycles. The first kappa shape index (κ1) is 25.6. The van der Waals surface area contributed by atoms with Gasteiger partial charge in [0.25, 0.3) is 0 Å². The van der Waals surface area contributed by atoms with Crippen LogP contribution in [0.15, 0.2) is 72.9 Å². The number of hydrogen-bond acceptors (Lipinski definition) is 3. The largest absolute Gasteiger partial charge is 0.491 e. The minimum absolute atomic E-state index is 0.103. The van der Waals surface area contributed by atoms with Crippen LogP contribution in [0.2, 0.25) is 10.0 Å². The molecule has 1 saturated heterocycles. The quantitative estimate of drug-likeness (QED) is 0.248. The van der Waals surface area contributed by atoms with Crippen LogP contribution in [0.1, 0.15) is 48.6 Å². The van der Waals surface area contributed by atoms with E-state index in [2.05, 4.69) is 51.8 Å². The van der Waals surface area contributed by atoms with Gasteiger partial charge in [-0.3, -0.25) is 4.98 Å². The van der Waals surface area contributed by atoms with Gasteiger partial charge in [0.2, 0.25) is 0 Å². The van der Waals surface area contributed by atoms with Crippen LogP contribution in [0.3, 0.4) is 0 Å². The first-order chi connectivity index (χ1) is 17.7. The fraction of sp³-hybridized carbons (Fsp3) is 0.241. The van der Waals surface area contributed by atoms with E-state index in [4.69, 9.17) is 40.2 Å². The maximum Gasteiger partial charge on any atom is 0.174 e. The maximum absolute atomic E-state index is 6.63. The van der Waals surface area contributed by atoms with Crippen molar-refractivity contribution in [2.75, 3.05) is 4.90 Å². The Labute approximate surface area is 233 Å². The summed E-state index contributed by atoms with van der Waals surface area (Å²) in [5, 5.41) is 5.39. The van der Waals surface area contributed by atoms with E-state index in [9.17, 15) is 0 Å². The van der Waals surface area contributed by atoms with Crippen LogP contribution in [0.25, 0.3) is 5.69 Å². The Balaban J connectivity index is 1.64. The summed E-state index contributed by atoms with van der Waals surface area (Å²) in [5.41, 5.74) is 6.06. The van der Waals surface area contributed by atoms with Crippen molar-refractivity contribution in [2.24, 2.45) is 0 Å². The van der Waals surface area contributed by atoms with E-state index in [1.165, 1.54) is 0 Å². The van der Waals surface area contributed by atoms with Crippen molar-refractivity contribution < 1.29 is 4.74 Å². The van der Waals surface area contributed by atoms with Crippen LogP contribution in [-0.4, -0.2) is 20.8 Å². The zero-order valence-corrected chi connectivity index (χ0v) is 23.4. The lowest BCUT2D eigenvalue weighted by Crippen LogP contribution is -2.29. The molecule has 0 aliphatic carbocycles. The lowest BCUT2D eigenvalue weighted by molar-refractivity contribution is 0.242. The molecule has 0 amide bonds. The summed E-state index contributed by atoms with van der Waals surface area (Å²) in [6, 6.07) is 21.5. The second-order valence-electron chi connectivity index (χ2n) is 9.41. The lowest BCUT2D eigenvalue weighted by Gasteiger charge is -2.28. The summed E-state index contributed by atoms with van der Waals surface area (Å²) in [5.74, 6) is 0.824. The predicted molar refractivity (Wildman–Crippen MR) is 155 cm³/mol. The molecule has 1 fully saturated rings. The van der Waals surface area contributed by atoms with Gasteiger partial charge in [0.15, 0.2) is 5.11 Å². The highest BCUT2D eigenvalue weighted by molar-refractivity contribution is 7.80. The Bertz CT molecular complexity index is 1440. The number of halogens is 2. The number of hydrogen-bond donors (Lipinski definition) is 1. The third-order valence-electron chi connectivity index (χ3n) is 6.52. The number of aryl methyl sites for hydroxylation is 1. The van der Waals surface area contributed by atoms with Crippen LogP contribution >= 0.6 is 35.4 Å². The molecule has 0 radical (unpaired) electrons. The van der Waals surface area contributed by atoms with Crippen molar-refractivity contribution in [1.29, 1.82) is 0 Å². The normalized spacial score (nSPS) is 17.4. The molecule has 5 nitrogen and oxygen atoms in total. The highest BCUT2D eigenvalue weighted by Gasteiger charge is 2.42. The summed E-state index contributed by atoms with van der Waals surface area (Å²) in [6.45, 7) is 8.23. The fourth-order valence-corrected chi connectivity index (χ4v) is 5.87. The van der Waals surface area contributed by atoms with E-state index in [1.54, 1.807) is 6.07 Å². The molecule has 4 aromatic rings. The maximum atomic E-state index is 6.63. The van der Waals surface area contributed by atoms with E-state index in [-0.39, 0.29) is 18.2 Å². The summed E-state index contributed by atoms with van der Waals surface area (Å²) in [4.78, 5) is 6.85. The number of benzene rings is 2. The lowest BCUT2D eigenvalue weighted by atomic mass is 9.96. The fourth-order valence-electron chi connectivity index (χ4n) is 5.03. The second kappa shape index (κ2) is 10.4. The van der Waals surface area contributed by atoms with Crippen LogP contribution in [-0.2, 0) is 0 Å². The molecule has 2 atom stereocenters. The monoisotopic (exact) mass is 550 g/mol. The van der Waals surface area contributed by atoms with Crippen LogP contribution < -0.4 is 15.0 Å². The van der Waals surface area contributed by atoms with Gasteiger partial charge < -0.3 is 19.5 Å². The van der Waals surface area contributed by atoms with Gasteiger partial charge in [0.1, 0.15) is 5.75 Å². The van der Waals surface area contributed by atoms with Gasteiger partial charge >= 0.3 is 0 Å². The van der Waals surface area contributed by atoms with Crippen molar-refractivity contribution in [3.8, 4) is 11.4 Å². The summed E-state index contributed by atoms with van der Waals surface area (Å²) in [7, 11) is 0. The van der Waals surface area contributed by atoms with Crippen LogP contribution in [0.5, 0.6) is 5.75 Å². The zero-order valence-electron chi connectivity index (χ0n) is 21.1. The van der Waals surface area contributed by atoms with E-state index >= 15 is 0 Å². The van der Waals surface area contributed by atoms with Gasteiger partial charge in [-0.15, -0.1) is 0 Å². The van der Waals surface area contributed by atoms with Gasteiger partial charge in [-0.2, -0.15) is 0 Å². The van der Waals surface area contributed by atoms with Crippen molar-refractivity contribution in [2.45, 2.75) is 45.9 Å². The Kier molecular flexibility index (Phi) is 7.17. The Morgan fingerprint density at radius 3 is 2.41 bits per heavy atom. The molecule has 1 aliphatic heterocycles. The molecule has 5 rings (SSSR count). The number of anilines is 1. The smallest absolute Gasteiger partial charge is 0.174 e. The zero-order chi connectivity index (χ0) is 26.3. The topological polar surface area (TPSA) is 42.3 Å². The molecule has 0 bridgehead atoms. The highest BCUT2D eigenvalue weighted by Crippen LogP contribution is 2.44. The second-order valence-corrected chi connectivity index (χ2v) is 10.6. The summed E-state index contributed by atoms with van der Waals surface area (Å²) < 4.78 is 8.03.